The molecule has 0 aliphatic rings. The Morgan fingerprint density at radius 2 is 1.12 bits per heavy atom. The molecule has 194 valence electrons. The van der Waals surface area contributed by atoms with Crippen molar-refractivity contribution in [3.8, 4) is 0 Å². The molecule has 0 aromatic carbocycles. The van der Waals surface area contributed by atoms with Gasteiger partial charge < -0.3 is 0 Å². The van der Waals surface area contributed by atoms with Crippen molar-refractivity contribution in [3.63, 3.8) is 0 Å². The quantitative estimate of drug-likeness (QED) is 0.259. The maximum absolute atomic E-state index is 2.34. The van der Waals surface area contributed by atoms with E-state index in [2.05, 4.69) is 126 Å². The van der Waals surface area contributed by atoms with E-state index in [-0.39, 0.29) is 0 Å². The minimum Gasteiger partial charge on any atom is -0.0917 e. The smallest absolute Gasteiger partial charge is 0.0264 e. The Labute approximate surface area is 207 Å². The molecule has 0 aromatic rings. The SMILES string of the molecule is C/C=C\CC(C)CC.C/C=C\CCC.CCC(C)/C=C/C(C)C.CCC(C)CCC(C)C. The number of hydrogen-bond acceptors (Lipinski definition) is 0. The van der Waals surface area contributed by atoms with Gasteiger partial charge >= 0.3 is 0 Å². The van der Waals surface area contributed by atoms with Gasteiger partial charge in [-0.1, -0.05) is 151 Å². The third kappa shape index (κ3) is 47.1. The van der Waals surface area contributed by atoms with E-state index >= 15 is 0 Å². The largest absolute Gasteiger partial charge is 0.0917 e. The molecule has 0 rings (SSSR count). The predicted molar refractivity (Wildman–Crippen MR) is 156 cm³/mol. The van der Waals surface area contributed by atoms with Crippen LogP contribution in [0.15, 0.2) is 36.5 Å². The monoisotopic (exact) mass is 451 g/mol. The molecule has 0 saturated heterocycles. The minimum absolute atomic E-state index is 0.707. The van der Waals surface area contributed by atoms with Crippen LogP contribution in [0.25, 0.3) is 0 Å². The molecule has 0 radical (unpaired) electrons. The molecule has 32 heavy (non-hydrogen) atoms. The topological polar surface area (TPSA) is 0 Å². The van der Waals surface area contributed by atoms with Gasteiger partial charge in [0.15, 0.2) is 0 Å². The Morgan fingerprint density at radius 3 is 1.44 bits per heavy atom. The molecule has 0 bridgehead atoms. The van der Waals surface area contributed by atoms with Gasteiger partial charge in [-0.3, -0.25) is 0 Å². The van der Waals surface area contributed by atoms with Crippen LogP contribution >= 0.6 is 0 Å². The standard InChI is InChI=1S/C9H20.C9H18.C8H16.C6H12/c2*1-5-9(4)7-6-8(2)3;1-4-6-7-8(3)5-2;1-3-5-6-4-2/h8-9H,5-7H2,1-4H3;6-9H,5H2,1-4H3;4,6,8H,5,7H2,1-3H3;3,5H,4,6H2,1-2H3/b;7-6+;6-4-;5-3-. The summed E-state index contributed by atoms with van der Waals surface area (Å²) in [7, 11) is 0. The molecule has 0 aliphatic carbocycles. The van der Waals surface area contributed by atoms with E-state index in [9.17, 15) is 0 Å². The predicted octanol–water partition coefficient (Wildman–Crippen LogP) is 12.1. The lowest BCUT2D eigenvalue weighted by Gasteiger charge is -2.09. The maximum Gasteiger partial charge on any atom is -0.0264 e. The fourth-order valence-corrected chi connectivity index (χ4v) is 2.24. The lowest BCUT2D eigenvalue weighted by atomic mass is 9.98. The highest BCUT2D eigenvalue weighted by atomic mass is 14.1. The van der Waals surface area contributed by atoms with E-state index in [1.54, 1.807) is 0 Å². The summed E-state index contributed by atoms with van der Waals surface area (Å²) in [6, 6.07) is 0. The molecule has 0 amide bonds. The molecule has 0 fully saturated rings. The summed E-state index contributed by atoms with van der Waals surface area (Å²) >= 11 is 0. The molecule has 0 aromatic heterocycles. The van der Waals surface area contributed by atoms with Crippen molar-refractivity contribution in [2.75, 3.05) is 0 Å². The van der Waals surface area contributed by atoms with Gasteiger partial charge in [-0.15, -0.1) is 0 Å². The highest BCUT2D eigenvalue weighted by Gasteiger charge is 1.99. The third-order valence-corrected chi connectivity index (χ3v) is 5.56. The van der Waals surface area contributed by atoms with Gasteiger partial charge in [0.1, 0.15) is 0 Å². The van der Waals surface area contributed by atoms with Crippen molar-refractivity contribution in [2.45, 2.75) is 141 Å². The Bertz CT molecular complexity index is 383. The van der Waals surface area contributed by atoms with Crippen LogP contribution in [0, 0.1) is 29.6 Å². The van der Waals surface area contributed by atoms with Crippen LogP contribution in [0.4, 0.5) is 0 Å². The van der Waals surface area contributed by atoms with Crippen LogP contribution in [0.2, 0.25) is 0 Å². The molecule has 0 nitrogen and oxygen atoms in total. The van der Waals surface area contributed by atoms with Crippen LogP contribution in [-0.4, -0.2) is 0 Å². The number of unbranched alkanes of at least 4 members (excludes halogenated alkanes) is 1. The van der Waals surface area contributed by atoms with Crippen molar-refractivity contribution in [3.05, 3.63) is 36.5 Å². The van der Waals surface area contributed by atoms with Crippen LogP contribution in [0.3, 0.4) is 0 Å². The molecule has 0 heteroatoms. The first-order chi connectivity index (χ1) is 15.1. The van der Waals surface area contributed by atoms with Crippen molar-refractivity contribution >= 4 is 0 Å². The molecule has 0 spiro atoms. The third-order valence-electron chi connectivity index (χ3n) is 5.56. The second kappa shape index (κ2) is 32.4. The first-order valence-electron chi connectivity index (χ1n) is 14.0. The fourth-order valence-electron chi connectivity index (χ4n) is 2.24. The summed E-state index contributed by atoms with van der Waals surface area (Å²) in [6.45, 7) is 28.9. The first kappa shape index (κ1) is 38.5. The van der Waals surface area contributed by atoms with E-state index in [0.29, 0.717) is 5.92 Å². The first-order valence-corrected chi connectivity index (χ1v) is 14.0. The summed E-state index contributed by atoms with van der Waals surface area (Å²) < 4.78 is 0. The summed E-state index contributed by atoms with van der Waals surface area (Å²) in [5, 5.41) is 0. The highest BCUT2D eigenvalue weighted by Crippen LogP contribution is 2.13. The molecule has 3 atom stereocenters. The second-order valence-electron chi connectivity index (χ2n) is 10.2. The molecule has 0 heterocycles. The van der Waals surface area contributed by atoms with Gasteiger partial charge in [0.25, 0.3) is 0 Å². The average molecular weight is 451 g/mol. The minimum atomic E-state index is 0.707. The molecule has 0 saturated carbocycles. The zero-order chi connectivity index (χ0) is 25.8. The van der Waals surface area contributed by atoms with E-state index in [1.165, 1.54) is 51.4 Å². The number of allylic oxidation sites excluding steroid dienone is 6. The summed E-state index contributed by atoms with van der Waals surface area (Å²) in [5.74, 6) is 4.16. The Hall–Kier alpha value is -0.780. The molecular weight excluding hydrogens is 384 g/mol. The van der Waals surface area contributed by atoms with Crippen molar-refractivity contribution in [1.82, 2.24) is 0 Å². The second-order valence-corrected chi connectivity index (χ2v) is 10.2. The lowest BCUT2D eigenvalue weighted by molar-refractivity contribution is 0.441. The Balaban J connectivity index is -0.000000165. The van der Waals surface area contributed by atoms with Crippen LogP contribution in [-0.2, 0) is 0 Å². The Morgan fingerprint density at radius 1 is 0.594 bits per heavy atom. The highest BCUT2D eigenvalue weighted by molar-refractivity contribution is 4.87. The van der Waals surface area contributed by atoms with Gasteiger partial charge in [-0.25, -0.2) is 0 Å². The number of rotatable bonds is 12. The van der Waals surface area contributed by atoms with Gasteiger partial charge in [-0.2, -0.15) is 0 Å². The molecule has 0 aliphatic heterocycles. The van der Waals surface area contributed by atoms with Gasteiger partial charge in [-0.05, 0) is 56.3 Å². The summed E-state index contributed by atoms with van der Waals surface area (Å²) in [4.78, 5) is 0. The van der Waals surface area contributed by atoms with Crippen molar-refractivity contribution in [1.29, 1.82) is 0 Å². The molecule has 0 N–H and O–H groups in total. The van der Waals surface area contributed by atoms with Gasteiger partial charge in [0.2, 0.25) is 0 Å². The summed E-state index contributed by atoms with van der Waals surface area (Å²) in [6.07, 6.45) is 23.6. The maximum atomic E-state index is 2.34. The fraction of sp³-hybridized carbons (Fsp3) is 0.812. The zero-order valence-corrected chi connectivity index (χ0v) is 25.0. The molecular formula is C32H66. The van der Waals surface area contributed by atoms with Crippen molar-refractivity contribution < 1.29 is 0 Å². The van der Waals surface area contributed by atoms with Gasteiger partial charge in [0.05, 0.1) is 0 Å². The van der Waals surface area contributed by atoms with E-state index in [4.69, 9.17) is 0 Å². The zero-order valence-electron chi connectivity index (χ0n) is 25.0. The van der Waals surface area contributed by atoms with E-state index in [0.717, 1.165) is 23.7 Å². The van der Waals surface area contributed by atoms with E-state index in [1.807, 2.05) is 0 Å². The van der Waals surface area contributed by atoms with Crippen LogP contribution in [0.1, 0.15) is 141 Å². The van der Waals surface area contributed by atoms with Crippen molar-refractivity contribution in [2.24, 2.45) is 29.6 Å². The molecule has 3 unspecified atom stereocenters. The number of hydrogen-bond donors (Lipinski definition) is 0. The van der Waals surface area contributed by atoms with Gasteiger partial charge in [0, 0.05) is 0 Å². The Kier molecular flexibility index (Phi) is 39.0. The van der Waals surface area contributed by atoms with Crippen LogP contribution < -0.4 is 0 Å². The summed E-state index contributed by atoms with van der Waals surface area (Å²) in [5.41, 5.74) is 0. The van der Waals surface area contributed by atoms with E-state index < -0.39 is 0 Å². The average Bonchev–Trinajstić information content (AvgIpc) is 2.78. The normalized spacial score (nSPS) is 14.0. The van der Waals surface area contributed by atoms with Crippen LogP contribution in [0.5, 0.6) is 0 Å². The lowest BCUT2D eigenvalue weighted by Crippen LogP contribution is -1.95.